The Hall–Kier alpha value is -0.380. The first kappa shape index (κ1) is 12.7. The predicted octanol–water partition coefficient (Wildman–Crippen LogP) is 2.88. The summed E-state index contributed by atoms with van der Waals surface area (Å²) >= 11 is 3.56. The van der Waals surface area contributed by atoms with Crippen LogP contribution in [0.4, 0.5) is 0 Å². The summed E-state index contributed by atoms with van der Waals surface area (Å²) < 4.78 is 6.23. The molecule has 15 heavy (non-hydrogen) atoms. The van der Waals surface area contributed by atoms with E-state index in [2.05, 4.69) is 53.3 Å². The van der Waals surface area contributed by atoms with Gasteiger partial charge in [-0.25, -0.2) is 0 Å². The van der Waals surface area contributed by atoms with Gasteiger partial charge in [0.15, 0.2) is 0 Å². The molecule has 0 fully saturated rings. The maximum atomic E-state index is 5.07. The van der Waals surface area contributed by atoms with Crippen molar-refractivity contribution in [2.75, 3.05) is 13.7 Å². The van der Waals surface area contributed by atoms with Crippen molar-refractivity contribution in [1.82, 2.24) is 5.32 Å². The highest BCUT2D eigenvalue weighted by molar-refractivity contribution is 9.10. The van der Waals surface area contributed by atoms with Crippen LogP contribution in [0.15, 0.2) is 22.7 Å². The van der Waals surface area contributed by atoms with Crippen LogP contribution in [0.5, 0.6) is 0 Å². The lowest BCUT2D eigenvalue weighted by Crippen LogP contribution is -2.29. The molecule has 1 atom stereocenters. The first-order chi connectivity index (χ1) is 7.13. The van der Waals surface area contributed by atoms with Gasteiger partial charge in [-0.2, -0.15) is 0 Å². The van der Waals surface area contributed by atoms with Crippen LogP contribution in [0.25, 0.3) is 0 Å². The van der Waals surface area contributed by atoms with Crippen molar-refractivity contribution in [3.63, 3.8) is 0 Å². The maximum Gasteiger partial charge on any atom is 0.0613 e. The molecule has 0 bridgehead atoms. The SMILES string of the molecule is COC[C@@H](C)NCc1ccc(C)cc1Br. The molecule has 84 valence electrons. The minimum atomic E-state index is 0.378. The summed E-state index contributed by atoms with van der Waals surface area (Å²) in [6.45, 7) is 5.82. The average Bonchev–Trinajstić information content (AvgIpc) is 2.17. The van der Waals surface area contributed by atoms with E-state index in [1.54, 1.807) is 7.11 Å². The lowest BCUT2D eigenvalue weighted by Gasteiger charge is -2.13. The van der Waals surface area contributed by atoms with E-state index in [-0.39, 0.29) is 0 Å². The molecule has 1 rings (SSSR count). The van der Waals surface area contributed by atoms with Crippen LogP contribution in [-0.2, 0) is 11.3 Å². The van der Waals surface area contributed by atoms with E-state index in [4.69, 9.17) is 4.74 Å². The number of hydrogen-bond donors (Lipinski definition) is 1. The molecule has 0 saturated carbocycles. The molecule has 1 N–H and O–H groups in total. The van der Waals surface area contributed by atoms with Gasteiger partial charge in [0, 0.05) is 24.2 Å². The lowest BCUT2D eigenvalue weighted by atomic mass is 10.1. The molecule has 0 aromatic heterocycles. The van der Waals surface area contributed by atoms with Gasteiger partial charge in [-0.3, -0.25) is 0 Å². The van der Waals surface area contributed by atoms with Crippen LogP contribution in [-0.4, -0.2) is 19.8 Å². The second kappa shape index (κ2) is 6.26. The molecule has 0 unspecified atom stereocenters. The van der Waals surface area contributed by atoms with Crippen LogP contribution in [0.1, 0.15) is 18.1 Å². The highest BCUT2D eigenvalue weighted by Gasteiger charge is 2.03. The number of aryl methyl sites for hydroxylation is 1. The van der Waals surface area contributed by atoms with Gasteiger partial charge in [0.1, 0.15) is 0 Å². The molecular weight excluding hydrogens is 254 g/mol. The quantitative estimate of drug-likeness (QED) is 0.890. The third-order valence-electron chi connectivity index (χ3n) is 2.27. The van der Waals surface area contributed by atoms with E-state index in [0.29, 0.717) is 6.04 Å². The van der Waals surface area contributed by atoms with Gasteiger partial charge in [-0.1, -0.05) is 28.1 Å². The molecule has 0 amide bonds. The number of benzene rings is 1. The van der Waals surface area contributed by atoms with Gasteiger partial charge in [-0.15, -0.1) is 0 Å². The van der Waals surface area contributed by atoms with Crippen LogP contribution in [0.2, 0.25) is 0 Å². The fraction of sp³-hybridized carbons (Fsp3) is 0.500. The maximum absolute atomic E-state index is 5.07. The van der Waals surface area contributed by atoms with Crippen molar-refractivity contribution in [3.05, 3.63) is 33.8 Å². The third-order valence-corrected chi connectivity index (χ3v) is 3.00. The Bertz CT molecular complexity index is 314. The summed E-state index contributed by atoms with van der Waals surface area (Å²) in [6.07, 6.45) is 0. The topological polar surface area (TPSA) is 21.3 Å². The van der Waals surface area contributed by atoms with Crippen molar-refractivity contribution >= 4 is 15.9 Å². The second-order valence-electron chi connectivity index (χ2n) is 3.83. The summed E-state index contributed by atoms with van der Waals surface area (Å²) in [5.74, 6) is 0. The van der Waals surface area contributed by atoms with Gasteiger partial charge >= 0.3 is 0 Å². The molecule has 0 heterocycles. The van der Waals surface area contributed by atoms with Crippen molar-refractivity contribution < 1.29 is 4.74 Å². The standard InChI is InChI=1S/C12H18BrNO/c1-9-4-5-11(12(13)6-9)7-14-10(2)8-15-3/h4-6,10,14H,7-8H2,1-3H3/t10-/m1/s1. The predicted molar refractivity (Wildman–Crippen MR) is 67.1 cm³/mol. The Kier molecular flexibility index (Phi) is 5.29. The van der Waals surface area contributed by atoms with Gasteiger partial charge in [0.05, 0.1) is 6.61 Å². The Labute approximate surface area is 100 Å². The fourth-order valence-electron chi connectivity index (χ4n) is 1.39. The molecule has 0 aliphatic carbocycles. The molecular formula is C12H18BrNO. The molecule has 1 aromatic rings. The zero-order valence-electron chi connectivity index (χ0n) is 9.51. The summed E-state index contributed by atoms with van der Waals surface area (Å²) in [5.41, 5.74) is 2.55. The van der Waals surface area contributed by atoms with E-state index in [0.717, 1.165) is 13.2 Å². The minimum absolute atomic E-state index is 0.378. The van der Waals surface area contributed by atoms with Crippen molar-refractivity contribution in [2.45, 2.75) is 26.4 Å². The number of halogens is 1. The van der Waals surface area contributed by atoms with Crippen LogP contribution < -0.4 is 5.32 Å². The number of methoxy groups -OCH3 is 1. The monoisotopic (exact) mass is 271 g/mol. The molecule has 2 nitrogen and oxygen atoms in total. The molecule has 1 aromatic carbocycles. The van der Waals surface area contributed by atoms with Gasteiger partial charge in [0.25, 0.3) is 0 Å². The average molecular weight is 272 g/mol. The summed E-state index contributed by atoms with van der Waals surface area (Å²) in [6, 6.07) is 6.79. The Morgan fingerprint density at radius 2 is 2.20 bits per heavy atom. The molecule has 3 heteroatoms. The van der Waals surface area contributed by atoms with E-state index >= 15 is 0 Å². The summed E-state index contributed by atoms with van der Waals surface area (Å²) in [4.78, 5) is 0. The van der Waals surface area contributed by atoms with Gasteiger partial charge in [-0.05, 0) is 31.0 Å². The molecule has 0 aliphatic rings. The lowest BCUT2D eigenvalue weighted by molar-refractivity contribution is 0.171. The zero-order valence-corrected chi connectivity index (χ0v) is 11.1. The van der Waals surface area contributed by atoms with E-state index in [1.807, 2.05) is 0 Å². The zero-order chi connectivity index (χ0) is 11.3. The largest absolute Gasteiger partial charge is 0.383 e. The highest BCUT2D eigenvalue weighted by atomic mass is 79.9. The second-order valence-corrected chi connectivity index (χ2v) is 4.69. The van der Waals surface area contributed by atoms with Crippen LogP contribution in [0, 0.1) is 6.92 Å². The number of hydrogen-bond acceptors (Lipinski definition) is 2. The number of nitrogens with one attached hydrogen (secondary N) is 1. The smallest absolute Gasteiger partial charge is 0.0613 e. The van der Waals surface area contributed by atoms with Crippen molar-refractivity contribution in [3.8, 4) is 0 Å². The first-order valence-electron chi connectivity index (χ1n) is 5.11. The van der Waals surface area contributed by atoms with E-state index in [1.165, 1.54) is 15.6 Å². The van der Waals surface area contributed by atoms with Gasteiger partial charge < -0.3 is 10.1 Å². The molecule has 0 saturated heterocycles. The minimum Gasteiger partial charge on any atom is -0.383 e. The van der Waals surface area contributed by atoms with Gasteiger partial charge in [0.2, 0.25) is 0 Å². The number of rotatable bonds is 5. The molecule has 0 radical (unpaired) electrons. The van der Waals surface area contributed by atoms with Crippen LogP contribution in [0.3, 0.4) is 0 Å². The Morgan fingerprint density at radius 3 is 2.80 bits per heavy atom. The fourth-order valence-corrected chi connectivity index (χ4v) is 2.02. The van der Waals surface area contributed by atoms with Crippen molar-refractivity contribution in [2.24, 2.45) is 0 Å². The normalized spacial score (nSPS) is 12.8. The summed E-state index contributed by atoms with van der Waals surface area (Å²) in [5, 5.41) is 3.41. The summed E-state index contributed by atoms with van der Waals surface area (Å²) in [7, 11) is 1.72. The van der Waals surface area contributed by atoms with E-state index < -0.39 is 0 Å². The molecule has 0 aliphatic heterocycles. The van der Waals surface area contributed by atoms with Crippen molar-refractivity contribution in [1.29, 1.82) is 0 Å². The first-order valence-corrected chi connectivity index (χ1v) is 5.90. The Balaban J connectivity index is 2.50. The number of ether oxygens (including phenoxy) is 1. The Morgan fingerprint density at radius 1 is 1.47 bits per heavy atom. The third kappa shape index (κ3) is 4.33. The molecule has 0 spiro atoms. The van der Waals surface area contributed by atoms with Crippen LogP contribution >= 0.6 is 15.9 Å². The van der Waals surface area contributed by atoms with E-state index in [9.17, 15) is 0 Å². The highest BCUT2D eigenvalue weighted by Crippen LogP contribution is 2.18.